The Labute approximate surface area is 242 Å². The lowest BCUT2D eigenvalue weighted by Gasteiger charge is -2.13. The van der Waals surface area contributed by atoms with E-state index in [0.717, 1.165) is 32.3 Å². The summed E-state index contributed by atoms with van der Waals surface area (Å²) in [7, 11) is 0. The van der Waals surface area contributed by atoms with E-state index < -0.39 is 12.7 Å². The Bertz CT molecular complexity index is 1730. The van der Waals surface area contributed by atoms with Crippen molar-refractivity contribution in [3.63, 3.8) is 0 Å². The number of halogens is 3. The average molecular weight is 597 g/mol. The number of nitrogens with zero attached hydrogens (tertiary/aromatic N) is 5. The van der Waals surface area contributed by atoms with Crippen LogP contribution in [0.4, 0.5) is 14.5 Å². The number of hydrogen-bond acceptors (Lipinski definition) is 8. The number of ether oxygens (including phenoxy) is 1. The fraction of sp³-hybridized carbons (Fsp3) is 0.250. The largest absolute Gasteiger partial charge is 0.470 e. The van der Waals surface area contributed by atoms with E-state index in [0.29, 0.717) is 33.5 Å². The van der Waals surface area contributed by atoms with Crippen LogP contribution in [0.2, 0.25) is 5.02 Å². The van der Waals surface area contributed by atoms with E-state index >= 15 is 0 Å². The standard InChI is InChI=1S/C28H23ClF2N6O3S/c1-13-14(2)41-27-23(13)24(16-4-6-18(29)7-5-16)33-21(25-35-34-15(3)37(25)27)11-22(38)32-19-8-9-20-17(10-19)12-39-26(20)36-40-28(30)31/h4-10,21,28H,11-12H2,1-3H3,(H,32,38)/b36-26+/t21-/m0/s1. The molecule has 0 spiro atoms. The Hall–Kier alpha value is -4.16. The summed E-state index contributed by atoms with van der Waals surface area (Å²) >= 11 is 7.81. The highest BCUT2D eigenvalue weighted by Crippen LogP contribution is 2.39. The number of aromatic nitrogens is 3. The predicted octanol–water partition coefficient (Wildman–Crippen LogP) is 6.26. The van der Waals surface area contributed by atoms with Crippen LogP contribution in [0.25, 0.3) is 5.00 Å². The number of oxime groups is 1. The number of hydrogen-bond donors (Lipinski definition) is 1. The number of alkyl halides is 2. The molecule has 41 heavy (non-hydrogen) atoms. The van der Waals surface area contributed by atoms with Gasteiger partial charge in [-0.15, -0.1) is 21.5 Å². The van der Waals surface area contributed by atoms with Crippen molar-refractivity contribution in [3.8, 4) is 5.00 Å². The van der Waals surface area contributed by atoms with Gasteiger partial charge in [0.25, 0.3) is 5.90 Å². The number of nitrogens with one attached hydrogen (secondary N) is 1. The molecule has 0 radical (unpaired) electrons. The van der Waals surface area contributed by atoms with Gasteiger partial charge in [0.05, 0.1) is 12.1 Å². The predicted molar refractivity (Wildman–Crippen MR) is 151 cm³/mol. The number of aryl methyl sites for hydroxylation is 2. The van der Waals surface area contributed by atoms with Gasteiger partial charge in [-0.3, -0.25) is 14.4 Å². The Morgan fingerprint density at radius 1 is 1.22 bits per heavy atom. The topological polar surface area (TPSA) is 103 Å². The van der Waals surface area contributed by atoms with Crippen molar-refractivity contribution < 1.29 is 23.1 Å². The van der Waals surface area contributed by atoms with Gasteiger partial charge < -0.3 is 14.9 Å². The molecule has 1 N–H and O–H groups in total. The first-order chi connectivity index (χ1) is 19.7. The first-order valence-corrected chi connectivity index (χ1v) is 13.8. The maximum atomic E-state index is 13.4. The van der Waals surface area contributed by atoms with Crippen LogP contribution in [0.5, 0.6) is 0 Å². The average Bonchev–Trinajstić information content (AvgIpc) is 3.58. The second-order valence-electron chi connectivity index (χ2n) is 9.58. The van der Waals surface area contributed by atoms with E-state index in [2.05, 4.69) is 39.4 Å². The molecular weight excluding hydrogens is 574 g/mol. The fourth-order valence-corrected chi connectivity index (χ4v) is 6.25. The zero-order valence-electron chi connectivity index (χ0n) is 22.1. The van der Waals surface area contributed by atoms with Gasteiger partial charge in [-0.1, -0.05) is 23.7 Å². The highest BCUT2D eigenvalue weighted by molar-refractivity contribution is 7.15. The lowest BCUT2D eigenvalue weighted by Crippen LogP contribution is -2.17. The maximum absolute atomic E-state index is 13.4. The fourth-order valence-electron chi connectivity index (χ4n) is 4.91. The number of rotatable bonds is 6. The molecule has 0 saturated carbocycles. The molecule has 210 valence electrons. The molecule has 4 aromatic rings. The van der Waals surface area contributed by atoms with Crippen LogP contribution in [0, 0.1) is 20.8 Å². The molecule has 2 aliphatic rings. The second-order valence-corrected chi connectivity index (χ2v) is 11.2. The van der Waals surface area contributed by atoms with Crippen LogP contribution in [-0.2, 0) is 21.0 Å². The molecule has 0 fully saturated rings. The SMILES string of the molecule is Cc1sc2c(c1C)C(c1ccc(Cl)cc1)=N[C@@H](CC(=O)Nc1ccc3c(c1)CO/C3=N/OC(F)F)c1nnc(C)n1-2. The van der Waals surface area contributed by atoms with Crippen molar-refractivity contribution >= 4 is 46.1 Å². The molecule has 2 aliphatic heterocycles. The van der Waals surface area contributed by atoms with E-state index in [1.54, 1.807) is 29.5 Å². The quantitative estimate of drug-likeness (QED) is 0.265. The first-order valence-electron chi connectivity index (χ1n) is 12.6. The van der Waals surface area contributed by atoms with Crippen molar-refractivity contribution in [1.29, 1.82) is 0 Å². The van der Waals surface area contributed by atoms with Crippen molar-refractivity contribution in [1.82, 2.24) is 14.8 Å². The molecule has 1 atom stereocenters. The number of amides is 1. The number of carbonyl (C=O) groups is 1. The minimum absolute atomic E-state index is 0.00468. The van der Waals surface area contributed by atoms with E-state index in [1.165, 1.54) is 0 Å². The summed E-state index contributed by atoms with van der Waals surface area (Å²) in [6.07, 6.45) is 0.00468. The van der Waals surface area contributed by atoms with Crippen LogP contribution in [0.3, 0.4) is 0 Å². The van der Waals surface area contributed by atoms with Gasteiger partial charge >= 0.3 is 6.61 Å². The number of thiophene rings is 1. The van der Waals surface area contributed by atoms with E-state index in [4.69, 9.17) is 21.3 Å². The molecule has 1 amide bonds. The Morgan fingerprint density at radius 3 is 2.76 bits per heavy atom. The smallest absolute Gasteiger partial charge is 0.408 e. The summed E-state index contributed by atoms with van der Waals surface area (Å²) in [4.78, 5) is 23.6. The second kappa shape index (κ2) is 10.7. The molecule has 4 heterocycles. The number of benzene rings is 2. The number of anilines is 1. The first kappa shape index (κ1) is 27.0. The highest BCUT2D eigenvalue weighted by atomic mass is 35.5. The minimum Gasteiger partial charge on any atom is -0.470 e. The molecule has 0 bridgehead atoms. The van der Waals surface area contributed by atoms with Crippen LogP contribution in [0.15, 0.2) is 52.6 Å². The Morgan fingerprint density at radius 2 is 2.00 bits per heavy atom. The van der Waals surface area contributed by atoms with Gasteiger partial charge in [0.1, 0.15) is 23.5 Å². The van der Waals surface area contributed by atoms with Crippen LogP contribution in [0.1, 0.15) is 56.8 Å². The normalized spacial score (nSPS) is 16.5. The summed E-state index contributed by atoms with van der Waals surface area (Å²) in [6, 6.07) is 11.9. The summed E-state index contributed by atoms with van der Waals surface area (Å²) in [5, 5.41) is 16.6. The van der Waals surface area contributed by atoms with Crippen molar-refractivity contribution in [2.45, 2.75) is 46.5 Å². The van der Waals surface area contributed by atoms with Crippen molar-refractivity contribution in [2.24, 2.45) is 10.1 Å². The summed E-state index contributed by atoms with van der Waals surface area (Å²) in [6.45, 7) is 3.09. The molecule has 2 aromatic heterocycles. The molecule has 0 unspecified atom stereocenters. The van der Waals surface area contributed by atoms with E-state index in [1.807, 2.05) is 35.8 Å². The monoisotopic (exact) mass is 596 g/mol. The van der Waals surface area contributed by atoms with Crippen molar-refractivity contribution in [2.75, 3.05) is 5.32 Å². The lowest BCUT2D eigenvalue weighted by molar-refractivity contribution is -0.129. The van der Waals surface area contributed by atoms with Gasteiger partial charge in [0.15, 0.2) is 5.82 Å². The third-order valence-electron chi connectivity index (χ3n) is 6.93. The number of fused-ring (bicyclic) bond motifs is 4. The van der Waals surface area contributed by atoms with Gasteiger partial charge in [-0.25, -0.2) is 0 Å². The summed E-state index contributed by atoms with van der Waals surface area (Å²) < 4.78 is 32.1. The van der Waals surface area contributed by atoms with E-state index in [-0.39, 0.29) is 24.8 Å². The summed E-state index contributed by atoms with van der Waals surface area (Å²) in [5.41, 5.74) is 5.44. The molecule has 0 saturated heterocycles. The minimum atomic E-state index is -3.05. The molecule has 0 aliphatic carbocycles. The van der Waals surface area contributed by atoms with Crippen LogP contribution in [-0.4, -0.2) is 38.9 Å². The number of carbonyl (C=O) groups excluding carboxylic acids is 1. The third kappa shape index (κ3) is 5.08. The zero-order chi connectivity index (χ0) is 28.8. The van der Waals surface area contributed by atoms with Gasteiger partial charge in [-0.2, -0.15) is 8.78 Å². The third-order valence-corrected chi connectivity index (χ3v) is 8.38. The van der Waals surface area contributed by atoms with Gasteiger partial charge in [0, 0.05) is 37.8 Å². The Balaban J connectivity index is 1.33. The van der Waals surface area contributed by atoms with Crippen LogP contribution >= 0.6 is 22.9 Å². The van der Waals surface area contributed by atoms with Gasteiger partial charge in [0.2, 0.25) is 5.91 Å². The van der Waals surface area contributed by atoms with E-state index in [9.17, 15) is 13.6 Å². The van der Waals surface area contributed by atoms with Gasteiger partial charge in [-0.05, 0) is 61.8 Å². The zero-order valence-corrected chi connectivity index (χ0v) is 23.7. The molecule has 13 heteroatoms. The molecule has 9 nitrogen and oxygen atoms in total. The van der Waals surface area contributed by atoms with Crippen LogP contribution < -0.4 is 5.32 Å². The number of aliphatic imine (C=N–C) groups is 1. The maximum Gasteiger partial charge on any atom is 0.408 e. The highest BCUT2D eigenvalue weighted by Gasteiger charge is 2.32. The molecular formula is C28H23ClF2N6O3S. The van der Waals surface area contributed by atoms with Crippen molar-refractivity contribution in [3.05, 3.63) is 91.8 Å². The Kier molecular flexibility index (Phi) is 7.04. The lowest BCUT2D eigenvalue weighted by atomic mass is 9.99. The molecule has 6 rings (SSSR count). The molecule has 2 aromatic carbocycles. The summed E-state index contributed by atoms with van der Waals surface area (Å²) in [5.74, 6) is 0.959.